The molecule has 1 unspecified atom stereocenters. The predicted molar refractivity (Wildman–Crippen MR) is 72.8 cm³/mol. The lowest BCUT2D eigenvalue weighted by Crippen LogP contribution is -2.31. The summed E-state index contributed by atoms with van der Waals surface area (Å²) in [5, 5.41) is 3.24. The maximum absolute atomic E-state index is 5.77. The number of hydrogen-bond acceptors (Lipinski definition) is 4. The number of rotatable bonds is 8. The van der Waals surface area contributed by atoms with E-state index < -0.39 is 0 Å². The molecule has 0 saturated carbocycles. The maximum Gasteiger partial charge on any atom is 0.126 e. The molecule has 0 fully saturated rings. The molecule has 1 N–H and O–H groups in total. The summed E-state index contributed by atoms with van der Waals surface area (Å²) >= 11 is 0. The molecular weight excluding hydrogens is 230 g/mol. The molecule has 1 rings (SSSR count). The van der Waals surface area contributed by atoms with Crippen molar-refractivity contribution in [3.05, 3.63) is 18.2 Å². The molecular formula is C14H23NO3. The van der Waals surface area contributed by atoms with Crippen molar-refractivity contribution in [1.82, 2.24) is 5.32 Å². The average Bonchev–Trinajstić information content (AvgIpc) is 2.42. The van der Waals surface area contributed by atoms with Crippen LogP contribution in [-0.2, 0) is 0 Å². The van der Waals surface area contributed by atoms with Gasteiger partial charge in [0.15, 0.2) is 0 Å². The van der Waals surface area contributed by atoms with Crippen LogP contribution in [0.25, 0.3) is 0 Å². The van der Waals surface area contributed by atoms with Crippen LogP contribution in [0.2, 0.25) is 0 Å². The van der Waals surface area contributed by atoms with Crippen LogP contribution in [0.4, 0.5) is 0 Å². The Labute approximate surface area is 109 Å². The normalized spacial score (nSPS) is 12.0. The summed E-state index contributed by atoms with van der Waals surface area (Å²) in [6.45, 7) is 2.81. The highest BCUT2D eigenvalue weighted by molar-refractivity contribution is 5.41. The molecule has 0 bridgehead atoms. The molecule has 102 valence electrons. The standard InChI is InChI=1S/C14H23NO3/c1-5-6-11(15-2)10-18-14-8-12(16-3)7-13(9-14)17-4/h7-9,11,15H,5-6,10H2,1-4H3. The molecule has 0 aromatic heterocycles. The lowest BCUT2D eigenvalue weighted by molar-refractivity contribution is 0.260. The minimum atomic E-state index is 0.368. The number of hydrogen-bond donors (Lipinski definition) is 1. The Bertz CT molecular complexity index is 333. The maximum atomic E-state index is 5.77. The zero-order chi connectivity index (χ0) is 13.4. The largest absolute Gasteiger partial charge is 0.496 e. The zero-order valence-electron chi connectivity index (χ0n) is 11.7. The molecule has 0 aliphatic heterocycles. The highest BCUT2D eigenvalue weighted by Crippen LogP contribution is 2.27. The fraction of sp³-hybridized carbons (Fsp3) is 0.571. The summed E-state index contributed by atoms with van der Waals surface area (Å²) < 4.78 is 16.2. The van der Waals surface area contributed by atoms with Crippen molar-refractivity contribution in [1.29, 1.82) is 0 Å². The van der Waals surface area contributed by atoms with Crippen LogP contribution < -0.4 is 19.5 Å². The van der Waals surface area contributed by atoms with Crippen molar-refractivity contribution in [3.8, 4) is 17.2 Å². The molecule has 0 aliphatic rings. The van der Waals surface area contributed by atoms with Crippen molar-refractivity contribution >= 4 is 0 Å². The van der Waals surface area contributed by atoms with Crippen molar-refractivity contribution in [2.24, 2.45) is 0 Å². The minimum Gasteiger partial charge on any atom is -0.496 e. The van der Waals surface area contributed by atoms with Crippen LogP contribution in [0.1, 0.15) is 19.8 Å². The van der Waals surface area contributed by atoms with Crippen LogP contribution in [-0.4, -0.2) is 33.9 Å². The summed E-state index contributed by atoms with van der Waals surface area (Å²) in [6.07, 6.45) is 2.23. The quantitative estimate of drug-likeness (QED) is 0.772. The van der Waals surface area contributed by atoms with Crippen LogP contribution in [0, 0.1) is 0 Å². The minimum absolute atomic E-state index is 0.368. The fourth-order valence-electron chi connectivity index (χ4n) is 1.72. The van der Waals surface area contributed by atoms with Crippen molar-refractivity contribution in [3.63, 3.8) is 0 Å². The number of ether oxygens (including phenoxy) is 3. The van der Waals surface area contributed by atoms with Gasteiger partial charge in [0.1, 0.15) is 23.9 Å². The Hall–Kier alpha value is -1.42. The second-order valence-corrected chi connectivity index (χ2v) is 4.13. The number of methoxy groups -OCH3 is 2. The van der Waals surface area contributed by atoms with Crippen LogP contribution >= 0.6 is 0 Å². The van der Waals surface area contributed by atoms with E-state index in [4.69, 9.17) is 14.2 Å². The summed E-state index contributed by atoms with van der Waals surface area (Å²) in [7, 11) is 5.22. The monoisotopic (exact) mass is 253 g/mol. The first-order chi connectivity index (χ1) is 8.73. The summed E-state index contributed by atoms with van der Waals surface area (Å²) in [5.74, 6) is 2.24. The number of nitrogens with one attached hydrogen (secondary N) is 1. The third kappa shape index (κ3) is 4.45. The van der Waals surface area contributed by atoms with Gasteiger partial charge >= 0.3 is 0 Å². The van der Waals surface area contributed by atoms with Crippen molar-refractivity contribution in [2.75, 3.05) is 27.9 Å². The Balaban J connectivity index is 2.65. The van der Waals surface area contributed by atoms with E-state index in [0.29, 0.717) is 12.6 Å². The second-order valence-electron chi connectivity index (χ2n) is 4.13. The molecule has 4 heteroatoms. The lowest BCUT2D eigenvalue weighted by atomic mass is 10.2. The molecule has 18 heavy (non-hydrogen) atoms. The van der Waals surface area contributed by atoms with Crippen LogP contribution in [0.15, 0.2) is 18.2 Å². The molecule has 0 amide bonds. The SMILES string of the molecule is CCCC(COc1cc(OC)cc(OC)c1)NC. The summed E-state index contributed by atoms with van der Waals surface area (Å²) in [4.78, 5) is 0. The molecule has 1 aromatic carbocycles. The molecule has 0 aliphatic carbocycles. The van der Waals surface area contributed by atoms with Gasteiger partial charge < -0.3 is 19.5 Å². The first-order valence-electron chi connectivity index (χ1n) is 6.26. The molecule has 4 nitrogen and oxygen atoms in total. The van der Waals surface area contributed by atoms with E-state index in [9.17, 15) is 0 Å². The Morgan fingerprint density at radius 1 is 1.06 bits per heavy atom. The van der Waals surface area contributed by atoms with E-state index >= 15 is 0 Å². The Morgan fingerprint density at radius 3 is 2.06 bits per heavy atom. The lowest BCUT2D eigenvalue weighted by Gasteiger charge is -2.17. The molecule has 0 spiro atoms. The van der Waals surface area contributed by atoms with Gasteiger partial charge in [-0.3, -0.25) is 0 Å². The van der Waals surface area contributed by atoms with E-state index in [1.54, 1.807) is 14.2 Å². The molecule has 0 heterocycles. The smallest absolute Gasteiger partial charge is 0.126 e. The number of likely N-dealkylation sites (N-methyl/N-ethyl adjacent to an activating group) is 1. The number of benzene rings is 1. The molecule has 0 radical (unpaired) electrons. The van der Waals surface area contributed by atoms with E-state index in [0.717, 1.165) is 30.1 Å². The Morgan fingerprint density at radius 2 is 1.61 bits per heavy atom. The fourth-order valence-corrected chi connectivity index (χ4v) is 1.72. The highest BCUT2D eigenvalue weighted by Gasteiger charge is 2.07. The summed E-state index contributed by atoms with van der Waals surface area (Å²) in [6, 6.07) is 5.92. The van der Waals surface area contributed by atoms with Gasteiger partial charge in [0.25, 0.3) is 0 Å². The van der Waals surface area contributed by atoms with E-state index in [-0.39, 0.29) is 0 Å². The van der Waals surface area contributed by atoms with Gasteiger partial charge in [0, 0.05) is 24.2 Å². The van der Waals surface area contributed by atoms with Gasteiger partial charge in [0.2, 0.25) is 0 Å². The van der Waals surface area contributed by atoms with Crippen LogP contribution in [0.3, 0.4) is 0 Å². The summed E-state index contributed by atoms with van der Waals surface area (Å²) in [5.41, 5.74) is 0. The third-order valence-corrected chi connectivity index (χ3v) is 2.82. The van der Waals surface area contributed by atoms with E-state index in [1.165, 1.54) is 0 Å². The van der Waals surface area contributed by atoms with Gasteiger partial charge in [-0.2, -0.15) is 0 Å². The average molecular weight is 253 g/mol. The van der Waals surface area contributed by atoms with Crippen molar-refractivity contribution < 1.29 is 14.2 Å². The molecule has 1 atom stereocenters. The molecule has 1 aromatic rings. The molecule has 0 saturated heterocycles. The van der Waals surface area contributed by atoms with Gasteiger partial charge in [-0.05, 0) is 13.5 Å². The zero-order valence-corrected chi connectivity index (χ0v) is 11.7. The second kappa shape index (κ2) is 7.82. The van der Waals surface area contributed by atoms with Crippen LogP contribution in [0.5, 0.6) is 17.2 Å². The van der Waals surface area contributed by atoms with Gasteiger partial charge in [-0.15, -0.1) is 0 Å². The van der Waals surface area contributed by atoms with E-state index in [2.05, 4.69) is 12.2 Å². The first kappa shape index (κ1) is 14.6. The van der Waals surface area contributed by atoms with Gasteiger partial charge in [0.05, 0.1) is 14.2 Å². The van der Waals surface area contributed by atoms with Gasteiger partial charge in [-0.1, -0.05) is 13.3 Å². The van der Waals surface area contributed by atoms with Crippen molar-refractivity contribution in [2.45, 2.75) is 25.8 Å². The third-order valence-electron chi connectivity index (χ3n) is 2.82. The first-order valence-corrected chi connectivity index (χ1v) is 6.26. The van der Waals surface area contributed by atoms with E-state index in [1.807, 2.05) is 25.2 Å². The topological polar surface area (TPSA) is 39.7 Å². The Kier molecular flexibility index (Phi) is 6.36. The predicted octanol–water partition coefficient (Wildman–Crippen LogP) is 2.47. The highest BCUT2D eigenvalue weighted by atomic mass is 16.5. The van der Waals surface area contributed by atoms with Gasteiger partial charge in [-0.25, -0.2) is 0 Å².